The number of ether oxygens (including phenoxy) is 1. The van der Waals surface area contributed by atoms with Gasteiger partial charge in [0.15, 0.2) is 0 Å². The van der Waals surface area contributed by atoms with E-state index in [2.05, 4.69) is 15.9 Å². The molecule has 0 bridgehead atoms. The normalized spacial score (nSPS) is 13.8. The molecule has 0 aliphatic carbocycles. The summed E-state index contributed by atoms with van der Waals surface area (Å²) in [5.74, 6) is 0.0759. The van der Waals surface area contributed by atoms with Crippen LogP contribution in [0.5, 0.6) is 5.75 Å². The highest BCUT2D eigenvalue weighted by Gasteiger charge is 2.21. The zero-order valence-corrected chi connectivity index (χ0v) is 13.9. The maximum Gasteiger partial charge on any atom is 0.139 e. The third-order valence-corrected chi connectivity index (χ3v) is 4.11. The topological polar surface area (TPSA) is 35.2 Å². The number of nitrogens with two attached hydrogens (primary N) is 1. The van der Waals surface area contributed by atoms with E-state index in [9.17, 15) is 4.39 Å². The van der Waals surface area contributed by atoms with Crippen LogP contribution in [0.15, 0.2) is 46.9 Å². The molecule has 0 spiro atoms. The van der Waals surface area contributed by atoms with Crippen molar-refractivity contribution in [2.24, 2.45) is 5.73 Å². The van der Waals surface area contributed by atoms with Crippen LogP contribution in [0, 0.1) is 5.82 Å². The van der Waals surface area contributed by atoms with Crippen molar-refractivity contribution in [2.75, 3.05) is 0 Å². The van der Waals surface area contributed by atoms with Gasteiger partial charge in [-0.15, -0.1) is 0 Å². The van der Waals surface area contributed by atoms with Gasteiger partial charge in [0.25, 0.3) is 0 Å². The van der Waals surface area contributed by atoms with Gasteiger partial charge in [0.1, 0.15) is 17.7 Å². The van der Waals surface area contributed by atoms with E-state index < -0.39 is 0 Å². The summed E-state index contributed by atoms with van der Waals surface area (Å²) in [5, 5.41) is 0.648. The summed E-state index contributed by atoms with van der Waals surface area (Å²) >= 11 is 9.27. The Kier molecular flexibility index (Phi) is 5.62. The van der Waals surface area contributed by atoms with Crippen molar-refractivity contribution in [3.63, 3.8) is 0 Å². The van der Waals surface area contributed by atoms with Crippen LogP contribution in [0.3, 0.4) is 0 Å². The minimum atomic E-state index is -0.370. The summed E-state index contributed by atoms with van der Waals surface area (Å²) in [5.41, 5.74) is 7.06. The molecule has 2 rings (SSSR count). The van der Waals surface area contributed by atoms with Gasteiger partial charge < -0.3 is 10.5 Å². The van der Waals surface area contributed by atoms with Gasteiger partial charge in [-0.1, -0.05) is 30.7 Å². The molecular weight excluding hydrogens is 357 g/mol. The fourth-order valence-corrected chi connectivity index (χ4v) is 2.44. The zero-order valence-electron chi connectivity index (χ0n) is 11.5. The van der Waals surface area contributed by atoms with E-state index in [0.29, 0.717) is 15.2 Å². The Morgan fingerprint density at radius 1 is 1.24 bits per heavy atom. The highest BCUT2D eigenvalue weighted by Crippen LogP contribution is 2.32. The smallest absolute Gasteiger partial charge is 0.139 e. The van der Waals surface area contributed by atoms with Crippen LogP contribution in [0.4, 0.5) is 4.39 Å². The number of halogens is 3. The van der Waals surface area contributed by atoms with Crippen LogP contribution in [0.2, 0.25) is 5.02 Å². The largest absolute Gasteiger partial charge is 0.483 e. The van der Waals surface area contributed by atoms with Gasteiger partial charge in [0.05, 0.1) is 4.47 Å². The highest BCUT2D eigenvalue weighted by molar-refractivity contribution is 9.10. The van der Waals surface area contributed by atoms with Crippen molar-refractivity contribution in [1.82, 2.24) is 0 Å². The summed E-state index contributed by atoms with van der Waals surface area (Å²) in [6.07, 6.45) is 0.366. The summed E-state index contributed by atoms with van der Waals surface area (Å²) in [7, 11) is 0. The molecular formula is C16H16BrClFNO. The molecule has 0 amide bonds. The molecule has 2 atom stereocenters. The summed E-state index contributed by atoms with van der Waals surface area (Å²) in [6, 6.07) is 11.4. The summed E-state index contributed by atoms with van der Waals surface area (Å²) in [6.45, 7) is 1.98. The fourth-order valence-electron chi connectivity index (χ4n) is 1.97. The number of hydrogen-bond acceptors (Lipinski definition) is 2. The molecule has 0 radical (unpaired) electrons. The number of rotatable bonds is 5. The Morgan fingerprint density at radius 3 is 2.52 bits per heavy atom. The molecule has 0 aliphatic rings. The van der Waals surface area contributed by atoms with Crippen LogP contribution < -0.4 is 10.5 Å². The molecule has 0 saturated carbocycles. The van der Waals surface area contributed by atoms with Crippen LogP contribution in [-0.2, 0) is 0 Å². The first-order chi connectivity index (χ1) is 10.0. The van der Waals surface area contributed by atoms with Gasteiger partial charge in [-0.2, -0.15) is 0 Å². The van der Waals surface area contributed by atoms with Crippen molar-refractivity contribution < 1.29 is 9.13 Å². The van der Waals surface area contributed by atoms with E-state index in [-0.39, 0.29) is 18.0 Å². The molecule has 112 valence electrons. The molecule has 2 aromatic rings. The molecule has 21 heavy (non-hydrogen) atoms. The molecule has 2 N–H and O–H groups in total. The second kappa shape index (κ2) is 7.25. The first-order valence-corrected chi connectivity index (χ1v) is 7.81. The quantitative estimate of drug-likeness (QED) is 0.792. The van der Waals surface area contributed by atoms with E-state index in [0.717, 1.165) is 12.0 Å². The fraction of sp³-hybridized carbons (Fsp3) is 0.250. The standard InChI is InChI=1S/C16H16BrClFNO/c1-2-14(20)16(10-3-5-11(18)6-4-10)21-15-9-12(19)7-8-13(15)17/h3-9,14,16H,2,20H2,1H3. The third-order valence-electron chi connectivity index (χ3n) is 3.21. The van der Waals surface area contributed by atoms with E-state index in [4.69, 9.17) is 22.1 Å². The van der Waals surface area contributed by atoms with Crippen molar-refractivity contribution >= 4 is 27.5 Å². The minimum Gasteiger partial charge on any atom is -0.483 e. The number of benzene rings is 2. The van der Waals surface area contributed by atoms with Crippen LogP contribution >= 0.6 is 27.5 Å². The molecule has 2 aromatic carbocycles. The van der Waals surface area contributed by atoms with Crippen LogP contribution in [0.25, 0.3) is 0 Å². The van der Waals surface area contributed by atoms with Gasteiger partial charge in [-0.3, -0.25) is 0 Å². The van der Waals surface area contributed by atoms with Crippen LogP contribution in [0.1, 0.15) is 25.0 Å². The van der Waals surface area contributed by atoms with Gasteiger partial charge in [-0.05, 0) is 52.2 Å². The predicted molar refractivity (Wildman–Crippen MR) is 87.2 cm³/mol. The minimum absolute atomic E-state index is 0.207. The molecule has 0 aliphatic heterocycles. The molecule has 5 heteroatoms. The molecule has 2 unspecified atom stereocenters. The van der Waals surface area contributed by atoms with Crippen molar-refractivity contribution in [1.29, 1.82) is 0 Å². The predicted octanol–water partition coefficient (Wildman–Crippen LogP) is 5.10. The zero-order chi connectivity index (χ0) is 15.4. The Balaban J connectivity index is 2.32. The first-order valence-electron chi connectivity index (χ1n) is 6.64. The maximum atomic E-state index is 13.4. The van der Waals surface area contributed by atoms with Crippen molar-refractivity contribution in [3.8, 4) is 5.75 Å². The Hall–Kier alpha value is -1.10. The molecule has 0 aromatic heterocycles. The average molecular weight is 373 g/mol. The molecule has 2 nitrogen and oxygen atoms in total. The summed E-state index contributed by atoms with van der Waals surface area (Å²) < 4.78 is 20.0. The van der Waals surface area contributed by atoms with Gasteiger partial charge in [0.2, 0.25) is 0 Å². The van der Waals surface area contributed by atoms with Gasteiger partial charge >= 0.3 is 0 Å². The molecule has 0 heterocycles. The van der Waals surface area contributed by atoms with Crippen LogP contribution in [-0.4, -0.2) is 6.04 Å². The molecule has 0 fully saturated rings. The van der Waals surface area contributed by atoms with Gasteiger partial charge in [0, 0.05) is 17.1 Å². The Labute approximate surface area is 137 Å². The lowest BCUT2D eigenvalue weighted by Crippen LogP contribution is -2.31. The van der Waals surface area contributed by atoms with E-state index in [1.807, 2.05) is 19.1 Å². The first kappa shape index (κ1) is 16.3. The lowest BCUT2D eigenvalue weighted by atomic mass is 10.0. The highest BCUT2D eigenvalue weighted by atomic mass is 79.9. The SMILES string of the molecule is CCC(N)C(Oc1cc(F)ccc1Br)c1ccc(Cl)cc1. The second-order valence-electron chi connectivity index (χ2n) is 4.74. The van der Waals surface area contributed by atoms with E-state index in [1.54, 1.807) is 18.2 Å². The van der Waals surface area contributed by atoms with E-state index >= 15 is 0 Å². The van der Waals surface area contributed by atoms with Crippen molar-refractivity contribution in [2.45, 2.75) is 25.5 Å². The maximum absolute atomic E-state index is 13.4. The molecule has 0 saturated heterocycles. The second-order valence-corrected chi connectivity index (χ2v) is 6.03. The number of hydrogen-bond donors (Lipinski definition) is 1. The lowest BCUT2D eigenvalue weighted by molar-refractivity contribution is 0.169. The van der Waals surface area contributed by atoms with E-state index in [1.165, 1.54) is 12.1 Å². The summed E-state index contributed by atoms with van der Waals surface area (Å²) in [4.78, 5) is 0. The monoisotopic (exact) mass is 371 g/mol. The lowest BCUT2D eigenvalue weighted by Gasteiger charge is -2.25. The Morgan fingerprint density at radius 2 is 1.90 bits per heavy atom. The average Bonchev–Trinajstić information content (AvgIpc) is 2.48. The van der Waals surface area contributed by atoms with Crippen molar-refractivity contribution in [3.05, 3.63) is 63.3 Å². The van der Waals surface area contributed by atoms with Gasteiger partial charge in [-0.25, -0.2) is 4.39 Å². The Bertz CT molecular complexity index is 606. The third kappa shape index (κ3) is 4.19.